The van der Waals surface area contributed by atoms with Crippen LogP contribution in [0.4, 0.5) is 4.79 Å². The molecular formula is C18H24BrN3O2. The van der Waals surface area contributed by atoms with Crippen molar-refractivity contribution in [1.29, 1.82) is 0 Å². The van der Waals surface area contributed by atoms with Crippen LogP contribution in [-0.2, 0) is 4.74 Å². The van der Waals surface area contributed by atoms with Gasteiger partial charge >= 0.3 is 6.09 Å². The number of carbonyl (C=O) groups excluding carboxylic acids is 1. The molecule has 1 unspecified atom stereocenters. The number of H-pyrrole nitrogens is 1. The number of hydrogen-bond donors (Lipinski definition) is 1. The summed E-state index contributed by atoms with van der Waals surface area (Å²) in [5.41, 5.74) is 1.70. The van der Waals surface area contributed by atoms with Gasteiger partial charge in [-0.1, -0.05) is 22.0 Å². The van der Waals surface area contributed by atoms with Crippen LogP contribution in [0, 0.1) is 0 Å². The van der Waals surface area contributed by atoms with Gasteiger partial charge in [-0.05, 0) is 52.2 Å². The average Bonchev–Trinajstić information content (AvgIpc) is 2.77. The lowest BCUT2D eigenvalue weighted by Crippen LogP contribution is -2.37. The highest BCUT2D eigenvalue weighted by atomic mass is 79.9. The van der Waals surface area contributed by atoms with Crippen LogP contribution in [0.1, 0.15) is 51.6 Å². The SMILES string of the molecule is CC(C)(C)OC(=O)N1CCCC(c2[nH]nc3cccc(Br)c23)CC1. The number of hydrogen-bond acceptors (Lipinski definition) is 3. The molecule has 3 rings (SSSR count). The van der Waals surface area contributed by atoms with Crippen molar-refractivity contribution < 1.29 is 9.53 Å². The lowest BCUT2D eigenvalue weighted by molar-refractivity contribution is 0.0256. The van der Waals surface area contributed by atoms with Gasteiger partial charge in [-0.15, -0.1) is 0 Å². The number of aromatic amines is 1. The molecule has 0 radical (unpaired) electrons. The summed E-state index contributed by atoms with van der Waals surface area (Å²) in [6.45, 7) is 7.17. The average molecular weight is 394 g/mol. The Kier molecular flexibility index (Phi) is 4.85. The third kappa shape index (κ3) is 3.74. The maximum atomic E-state index is 12.3. The van der Waals surface area contributed by atoms with Gasteiger partial charge < -0.3 is 9.64 Å². The number of likely N-dealkylation sites (tertiary alicyclic amines) is 1. The van der Waals surface area contributed by atoms with Crippen molar-refractivity contribution in [2.24, 2.45) is 0 Å². The molecule has 24 heavy (non-hydrogen) atoms. The number of amides is 1. The number of nitrogens with zero attached hydrogens (tertiary/aromatic N) is 2. The molecule has 1 saturated heterocycles. The number of nitrogens with one attached hydrogen (secondary N) is 1. The second-order valence-corrected chi connectivity index (χ2v) is 8.22. The fraction of sp³-hybridized carbons (Fsp3) is 0.556. The molecule has 6 heteroatoms. The van der Waals surface area contributed by atoms with E-state index in [1.807, 2.05) is 43.9 Å². The fourth-order valence-electron chi connectivity index (χ4n) is 3.24. The fourth-order valence-corrected chi connectivity index (χ4v) is 3.81. The molecule has 130 valence electrons. The van der Waals surface area contributed by atoms with E-state index in [1.54, 1.807) is 0 Å². The number of carbonyl (C=O) groups is 1. The smallest absolute Gasteiger partial charge is 0.410 e. The summed E-state index contributed by atoms with van der Waals surface area (Å²) >= 11 is 3.64. The minimum Gasteiger partial charge on any atom is -0.444 e. The van der Waals surface area contributed by atoms with Crippen molar-refractivity contribution in [2.75, 3.05) is 13.1 Å². The Morgan fingerprint density at radius 3 is 2.88 bits per heavy atom. The molecule has 1 aromatic heterocycles. The van der Waals surface area contributed by atoms with Crippen LogP contribution in [0.2, 0.25) is 0 Å². The van der Waals surface area contributed by atoms with Crippen LogP contribution in [0.15, 0.2) is 22.7 Å². The summed E-state index contributed by atoms with van der Waals surface area (Å²) in [4.78, 5) is 14.1. The van der Waals surface area contributed by atoms with Crippen LogP contribution < -0.4 is 0 Å². The molecule has 0 saturated carbocycles. The molecule has 1 amide bonds. The first-order chi connectivity index (χ1) is 11.3. The quantitative estimate of drug-likeness (QED) is 0.754. The van der Waals surface area contributed by atoms with Crippen molar-refractivity contribution in [3.05, 3.63) is 28.4 Å². The maximum Gasteiger partial charge on any atom is 0.410 e. The normalized spacial score (nSPS) is 19.3. The highest BCUT2D eigenvalue weighted by Crippen LogP contribution is 2.35. The Bertz CT molecular complexity index is 735. The lowest BCUT2D eigenvalue weighted by atomic mass is 9.94. The molecule has 1 fully saturated rings. The van der Waals surface area contributed by atoms with Crippen LogP contribution in [0.5, 0.6) is 0 Å². The van der Waals surface area contributed by atoms with E-state index in [4.69, 9.17) is 4.74 Å². The Morgan fingerprint density at radius 1 is 1.33 bits per heavy atom. The van der Waals surface area contributed by atoms with Crippen LogP contribution in [-0.4, -0.2) is 39.9 Å². The van der Waals surface area contributed by atoms with E-state index in [0.29, 0.717) is 12.5 Å². The van der Waals surface area contributed by atoms with Gasteiger partial charge in [0.05, 0.1) is 5.52 Å². The van der Waals surface area contributed by atoms with E-state index in [2.05, 4.69) is 26.1 Å². The highest BCUT2D eigenvalue weighted by Gasteiger charge is 2.27. The maximum absolute atomic E-state index is 12.3. The first-order valence-electron chi connectivity index (χ1n) is 8.45. The van der Waals surface area contributed by atoms with E-state index < -0.39 is 5.60 Å². The molecular weight excluding hydrogens is 370 g/mol. The van der Waals surface area contributed by atoms with Crippen LogP contribution in [0.25, 0.3) is 10.9 Å². The van der Waals surface area contributed by atoms with Crippen molar-refractivity contribution in [1.82, 2.24) is 15.1 Å². The zero-order valence-corrected chi connectivity index (χ0v) is 16.0. The van der Waals surface area contributed by atoms with E-state index in [9.17, 15) is 4.79 Å². The van der Waals surface area contributed by atoms with Crippen LogP contribution >= 0.6 is 15.9 Å². The number of halogens is 1. The third-order valence-corrected chi connectivity index (χ3v) is 5.01. The Hall–Kier alpha value is -1.56. The third-order valence-electron chi connectivity index (χ3n) is 4.35. The summed E-state index contributed by atoms with van der Waals surface area (Å²) < 4.78 is 6.57. The second-order valence-electron chi connectivity index (χ2n) is 7.37. The highest BCUT2D eigenvalue weighted by molar-refractivity contribution is 9.10. The number of fused-ring (bicyclic) bond motifs is 1. The zero-order chi connectivity index (χ0) is 17.3. The van der Waals surface area contributed by atoms with Crippen molar-refractivity contribution >= 4 is 32.9 Å². The lowest BCUT2D eigenvalue weighted by Gasteiger charge is -2.26. The number of ether oxygens (including phenoxy) is 1. The molecule has 2 heterocycles. The molecule has 0 spiro atoms. The Labute approximate surface area is 150 Å². The van der Waals surface area contributed by atoms with Gasteiger partial charge in [0.15, 0.2) is 0 Å². The van der Waals surface area contributed by atoms with E-state index in [1.165, 1.54) is 5.69 Å². The van der Waals surface area contributed by atoms with Gasteiger partial charge in [-0.3, -0.25) is 5.10 Å². The molecule has 2 aromatic rings. The van der Waals surface area contributed by atoms with Crippen molar-refractivity contribution in [2.45, 2.75) is 51.6 Å². The molecule has 1 aliphatic heterocycles. The van der Waals surface area contributed by atoms with Gasteiger partial charge in [-0.2, -0.15) is 5.10 Å². The number of aromatic nitrogens is 2. The number of benzene rings is 1. The summed E-state index contributed by atoms with van der Waals surface area (Å²) in [6.07, 6.45) is 2.71. The van der Waals surface area contributed by atoms with E-state index in [-0.39, 0.29) is 6.09 Å². The molecule has 1 aliphatic rings. The molecule has 0 bridgehead atoms. The minimum absolute atomic E-state index is 0.209. The largest absolute Gasteiger partial charge is 0.444 e. The Morgan fingerprint density at radius 2 is 2.12 bits per heavy atom. The molecule has 1 atom stereocenters. The second kappa shape index (κ2) is 6.75. The molecule has 5 nitrogen and oxygen atoms in total. The minimum atomic E-state index is -0.451. The van der Waals surface area contributed by atoms with E-state index in [0.717, 1.165) is 41.2 Å². The zero-order valence-electron chi connectivity index (χ0n) is 14.4. The van der Waals surface area contributed by atoms with Gasteiger partial charge in [0.1, 0.15) is 5.60 Å². The van der Waals surface area contributed by atoms with Gasteiger partial charge in [0.2, 0.25) is 0 Å². The topological polar surface area (TPSA) is 58.2 Å². The van der Waals surface area contributed by atoms with E-state index >= 15 is 0 Å². The monoisotopic (exact) mass is 393 g/mol. The predicted molar refractivity (Wildman–Crippen MR) is 98.2 cm³/mol. The Balaban J connectivity index is 1.75. The predicted octanol–water partition coefficient (Wildman–Crippen LogP) is 4.83. The summed E-state index contributed by atoms with van der Waals surface area (Å²) in [5.74, 6) is 0.376. The van der Waals surface area contributed by atoms with Crippen LogP contribution in [0.3, 0.4) is 0 Å². The van der Waals surface area contributed by atoms with Crippen molar-refractivity contribution in [3.63, 3.8) is 0 Å². The van der Waals surface area contributed by atoms with Crippen molar-refractivity contribution in [3.8, 4) is 0 Å². The van der Waals surface area contributed by atoms with Gasteiger partial charge in [-0.25, -0.2) is 4.79 Å². The number of rotatable bonds is 1. The summed E-state index contributed by atoms with van der Waals surface area (Å²) in [6, 6.07) is 6.06. The van der Waals surface area contributed by atoms with Gasteiger partial charge in [0, 0.05) is 34.6 Å². The first-order valence-corrected chi connectivity index (χ1v) is 9.25. The molecule has 0 aliphatic carbocycles. The summed E-state index contributed by atoms with van der Waals surface area (Å²) in [7, 11) is 0. The molecule has 1 N–H and O–H groups in total. The van der Waals surface area contributed by atoms with Gasteiger partial charge in [0.25, 0.3) is 0 Å². The first kappa shape index (κ1) is 17.3. The molecule has 1 aromatic carbocycles. The summed E-state index contributed by atoms with van der Waals surface area (Å²) in [5, 5.41) is 8.81. The standard InChI is InChI=1S/C18H24BrN3O2/c1-18(2,3)24-17(23)22-10-5-6-12(9-11-22)16-15-13(19)7-4-8-14(15)20-21-16/h4,7-8,12H,5-6,9-11H2,1-3H3,(H,20,21).